The number of carbonyl (C=O) groups excluding carboxylic acids is 1. The molecule has 4 aliphatic rings. The molecule has 1 saturated carbocycles. The lowest BCUT2D eigenvalue weighted by Gasteiger charge is -2.37. The largest absolute Gasteiger partial charge is 0.471 e. The second-order valence-corrected chi connectivity index (χ2v) is 8.75. The minimum atomic E-state index is -4.79. The Morgan fingerprint density at radius 2 is 1.93 bits per heavy atom. The maximum Gasteiger partial charge on any atom is 0.471 e. The molecule has 2 aliphatic heterocycles. The Morgan fingerprint density at radius 3 is 2.70 bits per heavy atom. The third-order valence-corrected chi connectivity index (χ3v) is 6.71. The van der Waals surface area contributed by atoms with Gasteiger partial charge in [-0.05, 0) is 76.1 Å². The van der Waals surface area contributed by atoms with Crippen molar-refractivity contribution in [3.05, 3.63) is 36.1 Å². The lowest BCUT2D eigenvalue weighted by Crippen LogP contribution is -2.44. The van der Waals surface area contributed by atoms with Crippen LogP contribution in [0.4, 0.5) is 13.2 Å². The first-order chi connectivity index (χ1) is 14.4. The first-order valence-corrected chi connectivity index (χ1v) is 11.0. The summed E-state index contributed by atoms with van der Waals surface area (Å²) in [6.45, 7) is 2.06. The summed E-state index contributed by atoms with van der Waals surface area (Å²) in [4.78, 5) is 13.7. The van der Waals surface area contributed by atoms with E-state index in [9.17, 15) is 18.0 Å². The molecule has 0 spiro atoms. The van der Waals surface area contributed by atoms with Crippen molar-refractivity contribution < 1.29 is 22.4 Å². The Balaban J connectivity index is 1.29. The highest BCUT2D eigenvalue weighted by molar-refractivity contribution is 5.81. The maximum absolute atomic E-state index is 12.4. The van der Waals surface area contributed by atoms with Crippen LogP contribution in [-0.2, 0) is 4.79 Å². The molecule has 7 heteroatoms. The van der Waals surface area contributed by atoms with Gasteiger partial charge in [-0.2, -0.15) is 13.2 Å². The molecule has 0 aromatic rings. The molecule has 1 amide bonds. The Labute approximate surface area is 175 Å². The van der Waals surface area contributed by atoms with Crippen molar-refractivity contribution in [2.75, 3.05) is 13.1 Å². The SMILES string of the molecule is O=C(NC1CCC(CCN2CCCCC2c2coc3cccc-3c2)CC1)C(F)(F)F. The second-order valence-electron chi connectivity index (χ2n) is 8.75. The molecule has 0 aromatic carbocycles. The van der Waals surface area contributed by atoms with Gasteiger partial charge in [-0.1, -0.05) is 18.6 Å². The van der Waals surface area contributed by atoms with E-state index in [1.165, 1.54) is 18.4 Å². The molecule has 2 heterocycles. The monoisotopic (exact) mass is 422 g/mol. The van der Waals surface area contributed by atoms with Gasteiger partial charge in [0.2, 0.25) is 0 Å². The normalized spacial score (nSPS) is 26.0. The van der Waals surface area contributed by atoms with Crippen LogP contribution in [0, 0.1) is 5.92 Å². The summed E-state index contributed by atoms with van der Waals surface area (Å²) in [6.07, 6.45) is 4.67. The highest BCUT2D eigenvalue weighted by atomic mass is 19.4. The van der Waals surface area contributed by atoms with E-state index in [4.69, 9.17) is 4.42 Å². The Morgan fingerprint density at radius 1 is 1.13 bits per heavy atom. The predicted octanol–water partition coefficient (Wildman–Crippen LogP) is 5.54. The minimum Gasteiger partial charge on any atom is -0.464 e. The highest BCUT2D eigenvalue weighted by Gasteiger charge is 2.40. The van der Waals surface area contributed by atoms with Gasteiger partial charge in [0.15, 0.2) is 0 Å². The average Bonchev–Trinajstić information content (AvgIpc) is 3.20. The van der Waals surface area contributed by atoms with Gasteiger partial charge < -0.3 is 9.73 Å². The van der Waals surface area contributed by atoms with Gasteiger partial charge in [-0.25, -0.2) is 0 Å². The molecule has 2 fully saturated rings. The molecule has 0 bridgehead atoms. The second kappa shape index (κ2) is 9.00. The predicted molar refractivity (Wildman–Crippen MR) is 108 cm³/mol. The van der Waals surface area contributed by atoms with Gasteiger partial charge in [0.1, 0.15) is 5.76 Å². The number of nitrogens with one attached hydrogen (secondary N) is 1. The van der Waals surface area contributed by atoms with Crippen molar-refractivity contribution in [3.63, 3.8) is 0 Å². The van der Waals surface area contributed by atoms with Crippen LogP contribution in [0.15, 0.2) is 34.9 Å². The number of nitrogens with zero attached hydrogens (tertiary/aromatic N) is 1. The van der Waals surface area contributed by atoms with Crippen LogP contribution < -0.4 is 5.32 Å². The number of likely N-dealkylation sites (tertiary alicyclic amines) is 1. The molecule has 0 aromatic heterocycles. The molecule has 1 N–H and O–H groups in total. The van der Waals surface area contributed by atoms with Gasteiger partial charge in [-0.15, -0.1) is 0 Å². The standard InChI is InChI=1S/C23H29F3N2O2/c24-23(25,26)22(29)27-19-9-7-16(8-10-19)11-13-28-12-2-1-5-20(28)18-14-17-4-3-6-21(17)30-15-18/h3-4,6,14-16,19-20H,1-2,5,7-13H2,(H,27,29). The number of halogens is 3. The number of alkyl halides is 3. The van der Waals surface area contributed by atoms with Gasteiger partial charge in [-0.3, -0.25) is 9.69 Å². The van der Waals surface area contributed by atoms with Gasteiger partial charge in [0.05, 0.1) is 6.26 Å². The summed E-state index contributed by atoms with van der Waals surface area (Å²) in [5.74, 6) is -0.390. The van der Waals surface area contributed by atoms with Crippen molar-refractivity contribution in [1.82, 2.24) is 10.2 Å². The maximum atomic E-state index is 12.4. The summed E-state index contributed by atoms with van der Waals surface area (Å²) < 4.78 is 43.1. The summed E-state index contributed by atoms with van der Waals surface area (Å²) in [5, 5.41) is 2.14. The smallest absolute Gasteiger partial charge is 0.464 e. The number of hydrogen-bond acceptors (Lipinski definition) is 3. The summed E-state index contributed by atoms with van der Waals surface area (Å²) >= 11 is 0. The first kappa shape index (κ1) is 21.2. The van der Waals surface area contributed by atoms with E-state index < -0.39 is 12.1 Å². The molecular formula is C23H29F3N2O2. The zero-order chi connectivity index (χ0) is 21.1. The Hall–Kier alpha value is -2.02. The van der Waals surface area contributed by atoms with Gasteiger partial charge >= 0.3 is 12.1 Å². The first-order valence-electron chi connectivity index (χ1n) is 11.0. The van der Waals surface area contributed by atoms with Crippen LogP contribution >= 0.6 is 0 Å². The molecular weight excluding hydrogens is 393 g/mol. The van der Waals surface area contributed by atoms with Crippen LogP contribution in [0.5, 0.6) is 0 Å². The van der Waals surface area contributed by atoms with Crippen LogP contribution in [0.1, 0.15) is 63.0 Å². The van der Waals surface area contributed by atoms with E-state index in [1.54, 1.807) is 0 Å². The lowest BCUT2D eigenvalue weighted by atomic mass is 9.83. The fourth-order valence-electron chi connectivity index (χ4n) is 5.01. The number of hydrogen-bond donors (Lipinski definition) is 1. The van der Waals surface area contributed by atoms with E-state index in [0.29, 0.717) is 24.8 Å². The molecule has 1 unspecified atom stereocenters. The molecule has 2 aliphatic carbocycles. The topological polar surface area (TPSA) is 45.5 Å². The number of carbonyl (C=O) groups is 1. The van der Waals surface area contributed by atoms with Gasteiger partial charge in [0.25, 0.3) is 0 Å². The van der Waals surface area contributed by atoms with E-state index >= 15 is 0 Å². The minimum absolute atomic E-state index is 0.351. The molecule has 164 valence electrons. The third kappa shape index (κ3) is 4.99. The molecule has 0 radical (unpaired) electrons. The Bertz CT molecular complexity index is 811. The zero-order valence-corrected chi connectivity index (χ0v) is 17.1. The highest BCUT2D eigenvalue weighted by Crippen LogP contribution is 2.36. The van der Waals surface area contributed by atoms with Crippen LogP contribution in [0.2, 0.25) is 0 Å². The van der Waals surface area contributed by atoms with E-state index in [1.807, 2.05) is 18.4 Å². The number of piperidine rings is 1. The summed E-state index contributed by atoms with van der Waals surface area (Å²) in [7, 11) is 0. The summed E-state index contributed by atoms with van der Waals surface area (Å²) in [5.41, 5.74) is 2.37. The zero-order valence-electron chi connectivity index (χ0n) is 17.1. The molecule has 1 atom stereocenters. The van der Waals surface area contributed by atoms with Crippen LogP contribution in [0.25, 0.3) is 11.3 Å². The fraction of sp³-hybridized carbons (Fsp3) is 0.609. The fourth-order valence-corrected chi connectivity index (χ4v) is 5.01. The van der Waals surface area contributed by atoms with Crippen molar-refractivity contribution >= 4 is 5.91 Å². The third-order valence-electron chi connectivity index (χ3n) is 6.71. The van der Waals surface area contributed by atoms with Crippen molar-refractivity contribution in [3.8, 4) is 11.3 Å². The number of amides is 1. The summed E-state index contributed by atoms with van der Waals surface area (Å²) in [6, 6.07) is 8.30. The van der Waals surface area contributed by atoms with Crippen molar-refractivity contribution in [1.29, 1.82) is 0 Å². The van der Waals surface area contributed by atoms with Crippen LogP contribution in [-0.4, -0.2) is 36.1 Å². The molecule has 4 rings (SSSR count). The number of fused-ring (bicyclic) bond motifs is 1. The van der Waals surface area contributed by atoms with Crippen molar-refractivity contribution in [2.24, 2.45) is 5.92 Å². The van der Waals surface area contributed by atoms with E-state index in [0.717, 1.165) is 50.1 Å². The van der Waals surface area contributed by atoms with Crippen LogP contribution in [0.3, 0.4) is 0 Å². The van der Waals surface area contributed by atoms with E-state index in [-0.39, 0.29) is 6.04 Å². The molecule has 1 saturated heterocycles. The molecule has 4 nitrogen and oxygen atoms in total. The van der Waals surface area contributed by atoms with Gasteiger partial charge in [0, 0.05) is 23.2 Å². The Kier molecular flexibility index (Phi) is 6.37. The quantitative estimate of drug-likeness (QED) is 0.688. The average molecular weight is 422 g/mol. The molecule has 30 heavy (non-hydrogen) atoms. The van der Waals surface area contributed by atoms with E-state index in [2.05, 4.69) is 22.3 Å². The van der Waals surface area contributed by atoms with Crippen molar-refractivity contribution in [2.45, 2.75) is 69.6 Å². The lowest BCUT2D eigenvalue weighted by molar-refractivity contribution is -0.174. The number of rotatable bonds is 5.